The van der Waals surface area contributed by atoms with Crippen LogP contribution >= 0.6 is 0 Å². The van der Waals surface area contributed by atoms with Gasteiger partial charge in [-0.05, 0) is 77.5 Å². The summed E-state index contributed by atoms with van der Waals surface area (Å²) < 4.78 is 87.7. The number of fused-ring (bicyclic) bond motifs is 1. The van der Waals surface area contributed by atoms with Crippen molar-refractivity contribution in [2.75, 3.05) is 22.1 Å². The van der Waals surface area contributed by atoms with Gasteiger partial charge in [-0.2, -0.15) is 13.2 Å². The van der Waals surface area contributed by atoms with E-state index in [2.05, 4.69) is 20.9 Å². The predicted molar refractivity (Wildman–Crippen MR) is 170 cm³/mol. The topological polar surface area (TPSA) is 170 Å². The van der Waals surface area contributed by atoms with E-state index in [0.29, 0.717) is 16.3 Å². The number of nitrogens with two attached hydrogens (primary N) is 1. The fraction of sp³-hybridized carbons (Fsp3) is 0.250. The minimum absolute atomic E-state index is 0.0658. The number of nitrogen functional groups attached to an aromatic ring is 1. The number of ether oxygens (including phenoxy) is 1. The van der Waals surface area contributed by atoms with Crippen LogP contribution in [0.5, 0.6) is 0 Å². The van der Waals surface area contributed by atoms with E-state index in [4.69, 9.17) is 10.5 Å². The number of esters is 1. The van der Waals surface area contributed by atoms with Gasteiger partial charge in [0.2, 0.25) is 5.91 Å². The zero-order chi connectivity index (χ0) is 35.4. The Hall–Kier alpha value is -5.25. The Kier molecular flexibility index (Phi) is 10.3. The summed E-state index contributed by atoms with van der Waals surface area (Å²) in [4.78, 5) is 42.1. The lowest BCUT2D eigenvalue weighted by Crippen LogP contribution is -2.55. The van der Waals surface area contributed by atoms with E-state index in [1.165, 1.54) is 68.6 Å². The standard InChI is InChI=1S/C32H31F4N5O6S/c1-4-19-6-10-26(33)25(14-19)31(47-30(44)32(34,35)36,41-23-7-9-24-20(15-23)12-13-38-28(24)37)29(43)39-17-21-16-22(40-18(3)42)8-11-27(21)48(45,46)5-2/h6-16,41H,4-5,17H2,1-3H3,(H2,37,38)(H,39,43)(H,40,42). The van der Waals surface area contributed by atoms with Crippen LogP contribution in [-0.2, 0) is 47.6 Å². The number of nitrogens with zero attached hydrogens (tertiary/aromatic N) is 1. The molecule has 1 unspecified atom stereocenters. The molecule has 1 heterocycles. The van der Waals surface area contributed by atoms with Crippen molar-refractivity contribution in [3.8, 4) is 0 Å². The van der Waals surface area contributed by atoms with Gasteiger partial charge >= 0.3 is 12.1 Å². The molecule has 0 fully saturated rings. The lowest BCUT2D eigenvalue weighted by molar-refractivity contribution is -0.213. The molecule has 3 aromatic carbocycles. The number of sulfone groups is 1. The smallest absolute Gasteiger partial charge is 0.418 e. The molecular formula is C32H31F4N5O6S. The van der Waals surface area contributed by atoms with Crippen LogP contribution in [-0.4, -0.2) is 43.1 Å². The molecule has 1 atom stereocenters. The molecule has 1 aromatic heterocycles. The number of alkyl halides is 3. The van der Waals surface area contributed by atoms with Crippen molar-refractivity contribution in [2.45, 2.75) is 50.5 Å². The van der Waals surface area contributed by atoms with E-state index in [0.717, 1.165) is 12.1 Å². The van der Waals surface area contributed by atoms with Crippen LogP contribution in [0.1, 0.15) is 37.5 Å². The third-order valence-corrected chi connectivity index (χ3v) is 9.09. The summed E-state index contributed by atoms with van der Waals surface area (Å²) in [7, 11) is -3.93. The molecule has 4 aromatic rings. The normalized spacial score (nSPS) is 13.0. The summed E-state index contributed by atoms with van der Waals surface area (Å²) in [6.45, 7) is 3.60. The van der Waals surface area contributed by atoms with Gasteiger partial charge in [0.1, 0.15) is 11.6 Å². The molecular weight excluding hydrogens is 658 g/mol. The molecule has 254 valence electrons. The largest absolute Gasteiger partial charge is 0.491 e. The lowest BCUT2D eigenvalue weighted by Gasteiger charge is -2.35. The first-order chi connectivity index (χ1) is 22.5. The molecule has 0 aliphatic carbocycles. The van der Waals surface area contributed by atoms with Gasteiger partial charge in [0.15, 0.2) is 9.84 Å². The van der Waals surface area contributed by atoms with Crippen LogP contribution in [0.4, 0.5) is 34.8 Å². The Labute approximate surface area is 272 Å². The lowest BCUT2D eigenvalue weighted by atomic mass is 9.96. The summed E-state index contributed by atoms with van der Waals surface area (Å²) in [6.07, 6.45) is -3.99. The van der Waals surface area contributed by atoms with E-state index in [1.54, 1.807) is 6.92 Å². The number of halogens is 4. The van der Waals surface area contributed by atoms with E-state index in [1.807, 2.05) is 0 Å². The summed E-state index contributed by atoms with van der Waals surface area (Å²) >= 11 is 0. The highest BCUT2D eigenvalue weighted by Crippen LogP contribution is 2.36. The molecule has 0 saturated heterocycles. The van der Waals surface area contributed by atoms with Crippen LogP contribution in [0, 0.1) is 5.82 Å². The zero-order valence-corrected chi connectivity index (χ0v) is 26.7. The van der Waals surface area contributed by atoms with Crippen molar-refractivity contribution < 1.29 is 45.1 Å². The van der Waals surface area contributed by atoms with Crippen LogP contribution in [0.15, 0.2) is 71.8 Å². The van der Waals surface area contributed by atoms with Crippen molar-refractivity contribution in [3.63, 3.8) is 0 Å². The van der Waals surface area contributed by atoms with Gasteiger partial charge in [-0.1, -0.05) is 19.9 Å². The monoisotopic (exact) mass is 689 g/mol. The number of benzene rings is 3. The number of anilines is 3. The average Bonchev–Trinajstić information content (AvgIpc) is 3.02. The number of hydrogen-bond acceptors (Lipinski definition) is 9. The minimum atomic E-state index is -5.62. The fourth-order valence-corrected chi connectivity index (χ4v) is 5.99. The predicted octanol–water partition coefficient (Wildman–Crippen LogP) is 4.96. The number of aryl methyl sites for hydroxylation is 1. The van der Waals surface area contributed by atoms with Crippen molar-refractivity contribution in [2.24, 2.45) is 0 Å². The van der Waals surface area contributed by atoms with Gasteiger partial charge in [-0.3, -0.25) is 9.59 Å². The summed E-state index contributed by atoms with van der Waals surface area (Å²) in [6, 6.07) is 12.8. The summed E-state index contributed by atoms with van der Waals surface area (Å²) in [5, 5.41) is 8.20. The van der Waals surface area contributed by atoms with Gasteiger partial charge in [-0.25, -0.2) is 22.6 Å². The highest BCUT2D eigenvalue weighted by molar-refractivity contribution is 7.91. The number of hydrogen-bond donors (Lipinski definition) is 4. The maximum atomic E-state index is 15.7. The molecule has 0 bridgehead atoms. The van der Waals surface area contributed by atoms with Gasteiger partial charge in [0, 0.05) is 36.4 Å². The number of carbonyl (C=O) groups excluding carboxylic acids is 3. The third-order valence-electron chi connectivity index (χ3n) is 7.27. The molecule has 48 heavy (non-hydrogen) atoms. The summed E-state index contributed by atoms with van der Waals surface area (Å²) in [5.74, 6) is -6.20. The Morgan fingerprint density at radius 3 is 2.31 bits per heavy atom. The number of nitrogens with one attached hydrogen (secondary N) is 3. The Balaban J connectivity index is 1.92. The van der Waals surface area contributed by atoms with Crippen molar-refractivity contribution >= 4 is 55.6 Å². The highest BCUT2D eigenvalue weighted by atomic mass is 32.2. The minimum Gasteiger partial charge on any atom is -0.418 e. The van der Waals surface area contributed by atoms with Crippen molar-refractivity contribution in [3.05, 3.63) is 89.4 Å². The van der Waals surface area contributed by atoms with Crippen LogP contribution in [0.25, 0.3) is 10.8 Å². The molecule has 11 nitrogen and oxygen atoms in total. The first-order valence-corrected chi connectivity index (χ1v) is 16.1. The molecule has 0 aliphatic rings. The maximum absolute atomic E-state index is 15.7. The fourth-order valence-electron chi connectivity index (χ4n) is 4.87. The number of carbonyl (C=O) groups is 3. The van der Waals surface area contributed by atoms with Gasteiger partial charge in [0.25, 0.3) is 11.6 Å². The second-order valence-electron chi connectivity index (χ2n) is 10.6. The van der Waals surface area contributed by atoms with E-state index in [-0.39, 0.29) is 39.8 Å². The summed E-state index contributed by atoms with van der Waals surface area (Å²) in [5.41, 5.74) is 2.34. The second-order valence-corrected chi connectivity index (χ2v) is 12.8. The first-order valence-electron chi connectivity index (χ1n) is 14.4. The molecule has 5 N–H and O–H groups in total. The van der Waals surface area contributed by atoms with Gasteiger partial charge in [0.05, 0.1) is 16.2 Å². The van der Waals surface area contributed by atoms with E-state index >= 15 is 4.39 Å². The SMILES string of the molecule is CCc1ccc(F)c(C(Nc2ccc3c(N)nccc3c2)(OC(=O)C(F)(F)F)C(=O)NCc2cc(NC(C)=O)ccc2S(=O)(=O)CC)c1. The number of pyridine rings is 1. The highest BCUT2D eigenvalue weighted by Gasteiger charge is 2.53. The Bertz CT molecular complexity index is 2010. The molecule has 0 aliphatic heterocycles. The average molecular weight is 690 g/mol. The molecule has 16 heteroatoms. The second kappa shape index (κ2) is 13.9. The molecule has 0 spiro atoms. The van der Waals surface area contributed by atoms with Crippen LogP contribution in [0.2, 0.25) is 0 Å². The van der Waals surface area contributed by atoms with Crippen LogP contribution < -0.4 is 21.7 Å². The van der Waals surface area contributed by atoms with Crippen molar-refractivity contribution in [1.82, 2.24) is 10.3 Å². The van der Waals surface area contributed by atoms with Gasteiger partial charge < -0.3 is 26.4 Å². The zero-order valence-electron chi connectivity index (χ0n) is 25.9. The number of aromatic nitrogens is 1. The maximum Gasteiger partial charge on any atom is 0.491 e. The number of rotatable bonds is 11. The Morgan fingerprint density at radius 1 is 0.958 bits per heavy atom. The first kappa shape index (κ1) is 35.6. The molecule has 2 amide bonds. The third kappa shape index (κ3) is 7.65. The number of amides is 2. The molecule has 0 radical (unpaired) electrons. The van der Waals surface area contributed by atoms with E-state index in [9.17, 15) is 36.0 Å². The molecule has 0 saturated carbocycles. The molecule has 4 rings (SSSR count). The van der Waals surface area contributed by atoms with Gasteiger partial charge in [-0.15, -0.1) is 0 Å². The van der Waals surface area contributed by atoms with Crippen molar-refractivity contribution in [1.29, 1.82) is 0 Å². The van der Waals surface area contributed by atoms with E-state index < -0.39 is 57.4 Å². The Morgan fingerprint density at radius 2 is 1.67 bits per heavy atom. The van der Waals surface area contributed by atoms with Crippen LogP contribution in [0.3, 0.4) is 0 Å². The quantitative estimate of drug-likeness (QED) is 0.0966.